The lowest BCUT2D eigenvalue weighted by Crippen LogP contribution is -2.38. The minimum atomic E-state index is -3.11. The van der Waals surface area contributed by atoms with Crippen LogP contribution in [-0.4, -0.2) is 54.4 Å². The van der Waals surface area contributed by atoms with Gasteiger partial charge in [0.2, 0.25) is 0 Å². The Labute approximate surface area is 230 Å². The predicted octanol–water partition coefficient (Wildman–Crippen LogP) is 4.12. The molecule has 0 amide bonds. The highest BCUT2D eigenvalue weighted by molar-refractivity contribution is 7.92. The largest absolute Gasteiger partial charge is 0.252 e. The third kappa shape index (κ3) is 3.64. The quantitative estimate of drug-likeness (QED) is 0.330. The molecule has 1 aromatic carbocycles. The van der Waals surface area contributed by atoms with Gasteiger partial charge in [-0.3, -0.25) is 0 Å². The summed E-state index contributed by atoms with van der Waals surface area (Å²) in [6, 6.07) is 7.41. The van der Waals surface area contributed by atoms with Crippen LogP contribution in [0.15, 0.2) is 42.9 Å². The third-order valence-corrected chi connectivity index (χ3v) is 11.3. The van der Waals surface area contributed by atoms with Crippen molar-refractivity contribution in [1.82, 2.24) is 34.9 Å². The number of sulfone groups is 1. The zero-order valence-electron chi connectivity index (χ0n) is 22.0. The van der Waals surface area contributed by atoms with Crippen molar-refractivity contribution in [2.45, 2.75) is 62.5 Å². The van der Waals surface area contributed by atoms with Gasteiger partial charge in [0.05, 0.1) is 39.1 Å². The molecule has 0 saturated heterocycles. The maximum Gasteiger partial charge on any atom is 0.252 e. The lowest BCUT2D eigenvalue weighted by atomic mass is 9.66. The lowest BCUT2D eigenvalue weighted by Gasteiger charge is -2.37. The summed E-state index contributed by atoms with van der Waals surface area (Å²) in [5.41, 5.74) is 1.58. The molecule has 206 valence electrons. The number of halogens is 2. The number of hydrogen-bond acceptors (Lipinski definition) is 8. The van der Waals surface area contributed by atoms with E-state index >= 15 is 0 Å². The van der Waals surface area contributed by atoms with E-state index in [1.54, 1.807) is 12.3 Å². The average molecular weight is 564 g/mol. The molecule has 9 nitrogen and oxygen atoms in total. The fraction of sp³-hybridized carbons (Fsp3) is 0.429. The highest BCUT2D eigenvalue weighted by atomic mass is 32.2. The fourth-order valence-electron chi connectivity index (χ4n) is 6.79. The topological polar surface area (TPSA) is 116 Å². The molecule has 0 N–H and O–H groups in total. The van der Waals surface area contributed by atoms with E-state index < -0.39 is 26.9 Å². The van der Waals surface area contributed by atoms with E-state index in [2.05, 4.69) is 39.1 Å². The van der Waals surface area contributed by atoms with E-state index in [0.717, 1.165) is 42.6 Å². The van der Waals surface area contributed by atoms with Gasteiger partial charge in [0.1, 0.15) is 18.0 Å². The zero-order chi connectivity index (χ0) is 27.9. The molecular weight excluding hydrogens is 536 g/mol. The molecule has 0 radical (unpaired) electrons. The van der Waals surface area contributed by atoms with Gasteiger partial charge in [-0.1, -0.05) is 19.9 Å². The van der Waals surface area contributed by atoms with Crippen LogP contribution < -0.4 is 0 Å². The zero-order valence-corrected chi connectivity index (χ0v) is 22.9. The van der Waals surface area contributed by atoms with Crippen LogP contribution in [0.5, 0.6) is 0 Å². The summed E-state index contributed by atoms with van der Waals surface area (Å²) in [7, 11) is -3.11. The number of aryl methyl sites for hydroxylation is 1. The molecule has 12 heteroatoms. The molecule has 2 saturated carbocycles. The number of rotatable bonds is 7. The van der Waals surface area contributed by atoms with Gasteiger partial charge in [-0.05, 0) is 66.8 Å². The van der Waals surface area contributed by atoms with Crippen molar-refractivity contribution in [3.63, 3.8) is 0 Å². The van der Waals surface area contributed by atoms with Crippen LogP contribution in [0.25, 0.3) is 17.2 Å². The summed E-state index contributed by atoms with van der Waals surface area (Å²) in [6.07, 6.45) is 6.53. The van der Waals surface area contributed by atoms with Gasteiger partial charge in [-0.25, -0.2) is 32.2 Å². The molecule has 3 heterocycles. The first-order valence-corrected chi connectivity index (χ1v) is 15.1. The Balaban J connectivity index is 1.24. The molecule has 3 aromatic heterocycles. The molecule has 2 fully saturated rings. The normalized spacial score (nSPS) is 22.9. The minimum Gasteiger partial charge on any atom is -0.229 e. The van der Waals surface area contributed by atoms with Gasteiger partial charge < -0.3 is 0 Å². The van der Waals surface area contributed by atoms with E-state index in [0.29, 0.717) is 11.8 Å². The maximum absolute atomic E-state index is 14.6. The van der Waals surface area contributed by atoms with E-state index in [-0.39, 0.29) is 40.0 Å². The number of nitrogens with zero attached hydrogens (tertiary/aromatic N) is 7. The van der Waals surface area contributed by atoms with E-state index in [1.807, 2.05) is 6.07 Å². The molecule has 3 aliphatic carbocycles. The summed E-state index contributed by atoms with van der Waals surface area (Å²) in [5.74, 6) is -0.483. The Morgan fingerprint density at radius 1 is 1.05 bits per heavy atom. The van der Waals surface area contributed by atoms with Crippen LogP contribution in [0.1, 0.15) is 68.2 Å². The van der Waals surface area contributed by atoms with Crippen LogP contribution >= 0.6 is 0 Å². The Morgan fingerprint density at radius 3 is 2.58 bits per heavy atom. The summed E-state index contributed by atoms with van der Waals surface area (Å²) < 4.78 is 55.1. The third-order valence-electron chi connectivity index (χ3n) is 9.07. The van der Waals surface area contributed by atoms with Crippen LogP contribution in [0, 0.1) is 17.0 Å². The maximum atomic E-state index is 14.6. The van der Waals surface area contributed by atoms with Crippen molar-refractivity contribution in [2.24, 2.45) is 5.41 Å². The second-order valence-corrected chi connectivity index (χ2v) is 13.9. The highest BCUT2D eigenvalue weighted by Crippen LogP contribution is 2.69. The Morgan fingerprint density at radius 2 is 1.82 bits per heavy atom. The van der Waals surface area contributed by atoms with Crippen molar-refractivity contribution in [3.8, 4) is 17.2 Å². The molecule has 0 unspecified atom stereocenters. The Kier molecular flexibility index (Phi) is 5.48. The molecule has 4 aromatic rings. The number of hydrogen-bond donors (Lipinski definition) is 0. The monoisotopic (exact) mass is 563 g/mol. The lowest BCUT2D eigenvalue weighted by molar-refractivity contribution is 0.242. The van der Waals surface area contributed by atoms with Crippen LogP contribution in [0.2, 0.25) is 0 Å². The second kappa shape index (κ2) is 8.66. The first-order valence-electron chi connectivity index (χ1n) is 13.4. The first kappa shape index (κ1) is 25.3. The fourth-order valence-corrected chi connectivity index (χ4v) is 8.44. The van der Waals surface area contributed by atoms with Crippen molar-refractivity contribution in [2.75, 3.05) is 5.75 Å². The molecule has 40 heavy (non-hydrogen) atoms. The minimum absolute atomic E-state index is 0.0233. The first-order chi connectivity index (χ1) is 19.1. The van der Waals surface area contributed by atoms with E-state index in [1.165, 1.54) is 29.2 Å². The van der Waals surface area contributed by atoms with Gasteiger partial charge in [-0.15, -0.1) is 10.2 Å². The van der Waals surface area contributed by atoms with E-state index in [4.69, 9.17) is 4.98 Å². The molecule has 3 aliphatic rings. The van der Waals surface area contributed by atoms with Crippen molar-refractivity contribution >= 4 is 9.84 Å². The molecule has 7 rings (SSSR count). The summed E-state index contributed by atoms with van der Waals surface area (Å²) in [4.78, 5) is 13.6. The molecule has 0 spiro atoms. The molecule has 2 atom stereocenters. The summed E-state index contributed by atoms with van der Waals surface area (Å²) in [5, 5.41) is 13.1. The molecular formula is C28H27F2N7O2S. The van der Waals surface area contributed by atoms with Gasteiger partial charge >= 0.3 is 0 Å². The summed E-state index contributed by atoms with van der Waals surface area (Å²) in [6.45, 7) is 4.34. The van der Waals surface area contributed by atoms with Crippen LogP contribution in [-0.2, 0) is 21.7 Å². The smallest absolute Gasteiger partial charge is 0.229 e. The van der Waals surface area contributed by atoms with Crippen LogP contribution in [0.3, 0.4) is 0 Å². The number of benzene rings is 1. The van der Waals surface area contributed by atoms with Crippen LogP contribution in [0.4, 0.5) is 8.78 Å². The highest BCUT2D eigenvalue weighted by Gasteiger charge is 2.65. The number of aromatic nitrogens is 7. The average Bonchev–Trinajstić information content (AvgIpc) is 3.59. The SMILES string of the molecule is CC1(C)[C@H]2CC[C@@]1(c1ccnc(-n3cnc(CCS(=O)(=O)C4CC4)n3)n1)c1nnc(-c3c(F)cccc3F)cc12. The van der Waals surface area contributed by atoms with Gasteiger partial charge in [-0.2, -0.15) is 9.78 Å². The predicted molar refractivity (Wildman–Crippen MR) is 141 cm³/mol. The standard InChI is InChI=1S/C28H27F2N7O2S/c1-27(2)18-8-11-28(27,25-17(18)14-21(34-35-25)24-19(29)4-3-5-20(24)30)22-9-12-31-26(33-22)37-15-32-23(36-37)10-13-40(38,39)16-6-7-16/h3-5,9,12,14-16,18H,6-8,10-11,13H2,1-2H3/t18-,28+/m0/s1. The Hall–Kier alpha value is -3.67. The molecule has 0 aliphatic heterocycles. The second-order valence-electron chi connectivity index (χ2n) is 11.5. The number of fused-ring (bicyclic) bond motifs is 5. The molecule has 2 bridgehead atoms. The van der Waals surface area contributed by atoms with Crippen molar-refractivity contribution in [3.05, 3.63) is 77.3 Å². The van der Waals surface area contributed by atoms with Crippen molar-refractivity contribution in [1.29, 1.82) is 0 Å². The Bertz CT molecular complexity index is 1750. The van der Waals surface area contributed by atoms with E-state index in [9.17, 15) is 17.2 Å². The van der Waals surface area contributed by atoms with Gasteiger partial charge in [0.15, 0.2) is 15.7 Å². The van der Waals surface area contributed by atoms with Crippen molar-refractivity contribution < 1.29 is 17.2 Å². The van der Waals surface area contributed by atoms with Gasteiger partial charge in [0.25, 0.3) is 5.95 Å². The summed E-state index contributed by atoms with van der Waals surface area (Å²) >= 11 is 0. The van der Waals surface area contributed by atoms with Gasteiger partial charge in [0, 0.05) is 12.6 Å².